The van der Waals surface area contributed by atoms with Gasteiger partial charge in [-0.25, -0.2) is 0 Å². The maximum atomic E-state index is 12.3. The second-order valence-electron chi connectivity index (χ2n) is 3.60. The Kier molecular flexibility index (Phi) is 2.82. The molecule has 0 aliphatic rings. The van der Waals surface area contributed by atoms with Gasteiger partial charge in [0.1, 0.15) is 5.82 Å². The van der Waals surface area contributed by atoms with Crippen LogP contribution in [0.5, 0.6) is 0 Å². The van der Waals surface area contributed by atoms with Gasteiger partial charge in [0.2, 0.25) is 0 Å². The Hall–Kier alpha value is -2.31. The molecule has 1 aromatic carbocycles. The van der Waals surface area contributed by atoms with Gasteiger partial charge in [-0.05, 0) is 12.1 Å². The molecule has 0 aliphatic heterocycles. The van der Waals surface area contributed by atoms with Gasteiger partial charge >= 0.3 is 6.18 Å². The molecule has 2 rings (SSSR count). The summed E-state index contributed by atoms with van der Waals surface area (Å²) in [6.45, 7) is 0. The van der Waals surface area contributed by atoms with Gasteiger partial charge in [0, 0.05) is 5.56 Å². The smallest absolute Gasteiger partial charge is 0.383 e. The average molecular weight is 255 g/mol. The Labute approximate surface area is 99.6 Å². The van der Waals surface area contributed by atoms with Crippen LogP contribution >= 0.6 is 0 Å². The molecule has 2 aromatic rings. The van der Waals surface area contributed by atoms with Crippen LogP contribution in [0.3, 0.4) is 0 Å². The standard InChI is InChI=1S/C11H8F3N3O/c12-11(13,14)7-3-1-6(2-4-7)9(18)8-5-16-17-10(8)15/h1-5H,(H3,15,16,17). The summed E-state index contributed by atoms with van der Waals surface area (Å²) < 4.78 is 37.0. The molecule has 0 saturated heterocycles. The van der Waals surface area contributed by atoms with Crippen molar-refractivity contribution in [1.82, 2.24) is 10.2 Å². The van der Waals surface area contributed by atoms with Gasteiger partial charge in [-0.1, -0.05) is 12.1 Å². The average Bonchev–Trinajstić information content (AvgIpc) is 2.73. The molecule has 0 radical (unpaired) electrons. The van der Waals surface area contributed by atoms with Crippen LogP contribution < -0.4 is 5.73 Å². The Morgan fingerprint density at radius 3 is 2.28 bits per heavy atom. The molecule has 0 saturated carbocycles. The van der Waals surface area contributed by atoms with E-state index in [-0.39, 0.29) is 16.9 Å². The summed E-state index contributed by atoms with van der Waals surface area (Å²) in [6, 6.07) is 3.92. The fourth-order valence-corrected chi connectivity index (χ4v) is 1.44. The SMILES string of the molecule is Nc1[nH]ncc1C(=O)c1ccc(C(F)(F)F)cc1. The van der Waals surface area contributed by atoms with E-state index >= 15 is 0 Å². The van der Waals surface area contributed by atoms with E-state index in [0.29, 0.717) is 0 Å². The highest BCUT2D eigenvalue weighted by molar-refractivity contribution is 6.11. The number of H-pyrrole nitrogens is 1. The summed E-state index contributed by atoms with van der Waals surface area (Å²) in [5.41, 5.74) is 4.91. The Balaban J connectivity index is 2.31. The van der Waals surface area contributed by atoms with Crippen LogP contribution in [0.25, 0.3) is 0 Å². The summed E-state index contributed by atoms with van der Waals surface area (Å²) >= 11 is 0. The molecule has 3 N–H and O–H groups in total. The van der Waals surface area contributed by atoms with Gasteiger partial charge < -0.3 is 5.73 Å². The molecule has 0 fully saturated rings. The number of hydrogen-bond acceptors (Lipinski definition) is 3. The number of rotatable bonds is 2. The van der Waals surface area contributed by atoms with E-state index in [0.717, 1.165) is 24.3 Å². The molecule has 0 spiro atoms. The third kappa shape index (κ3) is 2.20. The lowest BCUT2D eigenvalue weighted by Crippen LogP contribution is -2.07. The minimum absolute atomic E-state index is 0.0832. The lowest BCUT2D eigenvalue weighted by atomic mass is 10.0. The third-order valence-corrected chi connectivity index (χ3v) is 2.39. The number of ketones is 1. The first-order valence-corrected chi connectivity index (χ1v) is 4.90. The molecule has 4 nitrogen and oxygen atoms in total. The highest BCUT2D eigenvalue weighted by Gasteiger charge is 2.30. The van der Waals surface area contributed by atoms with Crippen LogP contribution in [-0.2, 0) is 6.18 Å². The largest absolute Gasteiger partial charge is 0.416 e. The number of anilines is 1. The fraction of sp³-hybridized carbons (Fsp3) is 0.0909. The Morgan fingerprint density at radius 1 is 1.22 bits per heavy atom. The maximum Gasteiger partial charge on any atom is 0.416 e. The maximum absolute atomic E-state index is 12.3. The predicted molar refractivity (Wildman–Crippen MR) is 57.9 cm³/mol. The van der Waals surface area contributed by atoms with Gasteiger partial charge in [-0.15, -0.1) is 0 Å². The van der Waals surface area contributed by atoms with Gasteiger partial charge in [-0.3, -0.25) is 9.89 Å². The first kappa shape index (κ1) is 12.2. The third-order valence-electron chi connectivity index (χ3n) is 2.39. The predicted octanol–water partition coefficient (Wildman–Crippen LogP) is 2.24. The second kappa shape index (κ2) is 4.17. The Morgan fingerprint density at radius 2 is 1.83 bits per heavy atom. The summed E-state index contributed by atoms with van der Waals surface area (Å²) in [4.78, 5) is 11.9. The Bertz CT molecular complexity index is 572. The highest BCUT2D eigenvalue weighted by Crippen LogP contribution is 2.29. The van der Waals surface area contributed by atoms with Crippen molar-refractivity contribution in [2.45, 2.75) is 6.18 Å². The number of nitrogen functional groups attached to an aromatic ring is 1. The number of aromatic nitrogens is 2. The van der Waals surface area contributed by atoms with Crippen molar-refractivity contribution in [2.75, 3.05) is 5.73 Å². The van der Waals surface area contributed by atoms with Crippen LogP contribution in [-0.4, -0.2) is 16.0 Å². The summed E-state index contributed by atoms with van der Waals surface area (Å²) in [5, 5.41) is 5.96. The molecular formula is C11H8F3N3O. The normalized spacial score (nSPS) is 11.5. The van der Waals surface area contributed by atoms with E-state index in [2.05, 4.69) is 10.2 Å². The molecule has 0 bridgehead atoms. The molecule has 94 valence electrons. The van der Waals surface area contributed by atoms with Crippen LogP contribution in [0, 0.1) is 0 Å². The fourth-order valence-electron chi connectivity index (χ4n) is 1.44. The van der Waals surface area contributed by atoms with E-state index in [4.69, 9.17) is 5.73 Å². The van der Waals surface area contributed by atoms with Crippen molar-refractivity contribution in [3.05, 3.63) is 47.2 Å². The number of carbonyl (C=O) groups excluding carboxylic acids is 1. The molecule has 0 amide bonds. The first-order chi connectivity index (χ1) is 8.39. The lowest BCUT2D eigenvalue weighted by Gasteiger charge is -2.06. The van der Waals surface area contributed by atoms with Crippen molar-refractivity contribution in [2.24, 2.45) is 0 Å². The number of benzene rings is 1. The van der Waals surface area contributed by atoms with Crippen molar-refractivity contribution < 1.29 is 18.0 Å². The number of alkyl halides is 3. The number of nitrogens with one attached hydrogen (secondary N) is 1. The van der Waals surface area contributed by atoms with Crippen molar-refractivity contribution in [1.29, 1.82) is 0 Å². The van der Waals surface area contributed by atoms with Crippen molar-refractivity contribution in [3.8, 4) is 0 Å². The van der Waals surface area contributed by atoms with Gasteiger partial charge in [0.15, 0.2) is 5.78 Å². The van der Waals surface area contributed by atoms with E-state index < -0.39 is 17.5 Å². The second-order valence-corrected chi connectivity index (χ2v) is 3.60. The zero-order chi connectivity index (χ0) is 13.3. The molecule has 18 heavy (non-hydrogen) atoms. The lowest BCUT2D eigenvalue weighted by molar-refractivity contribution is -0.137. The number of halogens is 3. The van der Waals surface area contributed by atoms with Gasteiger partial charge in [0.05, 0.1) is 17.3 Å². The van der Waals surface area contributed by atoms with E-state index in [1.807, 2.05) is 0 Å². The number of carbonyl (C=O) groups is 1. The van der Waals surface area contributed by atoms with Crippen LogP contribution in [0.15, 0.2) is 30.5 Å². The molecule has 1 heterocycles. The molecule has 1 aromatic heterocycles. The van der Waals surface area contributed by atoms with E-state index in [1.165, 1.54) is 6.20 Å². The topological polar surface area (TPSA) is 71.8 Å². The first-order valence-electron chi connectivity index (χ1n) is 4.90. The van der Waals surface area contributed by atoms with Gasteiger partial charge in [0.25, 0.3) is 0 Å². The van der Waals surface area contributed by atoms with Gasteiger partial charge in [-0.2, -0.15) is 18.3 Å². The number of aromatic amines is 1. The molecular weight excluding hydrogens is 247 g/mol. The van der Waals surface area contributed by atoms with E-state index in [9.17, 15) is 18.0 Å². The minimum Gasteiger partial charge on any atom is -0.383 e. The summed E-state index contributed by atoms with van der Waals surface area (Å²) in [5.74, 6) is -0.394. The van der Waals surface area contributed by atoms with Crippen LogP contribution in [0.1, 0.15) is 21.5 Å². The molecule has 7 heteroatoms. The zero-order valence-corrected chi connectivity index (χ0v) is 8.95. The van der Waals surface area contributed by atoms with Crippen LogP contribution in [0.4, 0.5) is 19.0 Å². The molecule has 0 atom stereocenters. The van der Waals surface area contributed by atoms with Crippen molar-refractivity contribution >= 4 is 11.6 Å². The summed E-state index contributed by atoms with van der Waals surface area (Å²) in [7, 11) is 0. The number of hydrogen-bond donors (Lipinski definition) is 2. The highest BCUT2D eigenvalue weighted by atomic mass is 19.4. The summed E-state index contributed by atoms with van der Waals surface area (Å²) in [6.07, 6.45) is -3.19. The van der Waals surface area contributed by atoms with Crippen molar-refractivity contribution in [3.63, 3.8) is 0 Å². The molecule has 0 aliphatic carbocycles. The zero-order valence-electron chi connectivity index (χ0n) is 8.95. The quantitative estimate of drug-likeness (QED) is 0.808. The molecule has 0 unspecified atom stereocenters. The monoisotopic (exact) mass is 255 g/mol. The number of nitrogens with zero attached hydrogens (tertiary/aromatic N) is 1. The van der Waals surface area contributed by atoms with E-state index in [1.54, 1.807) is 0 Å². The minimum atomic E-state index is -4.42. The number of nitrogens with two attached hydrogens (primary N) is 1. The van der Waals surface area contributed by atoms with Crippen LogP contribution in [0.2, 0.25) is 0 Å².